The van der Waals surface area contributed by atoms with Gasteiger partial charge in [0.25, 0.3) is 5.88 Å². The van der Waals surface area contributed by atoms with Gasteiger partial charge in [0.15, 0.2) is 5.82 Å². The summed E-state index contributed by atoms with van der Waals surface area (Å²) in [6.07, 6.45) is 1.50. The van der Waals surface area contributed by atoms with Crippen molar-refractivity contribution >= 4 is 5.82 Å². The van der Waals surface area contributed by atoms with Gasteiger partial charge in [0.1, 0.15) is 12.4 Å². The molecule has 0 unspecified atom stereocenters. The molecule has 0 aliphatic carbocycles. The fraction of sp³-hybridized carbons (Fsp3) is 0.556. The van der Waals surface area contributed by atoms with E-state index in [0.29, 0.717) is 30.7 Å². The Hall–Kier alpha value is -1.56. The van der Waals surface area contributed by atoms with Crippen molar-refractivity contribution < 1.29 is 14.2 Å². The summed E-state index contributed by atoms with van der Waals surface area (Å²) in [5.74, 6) is 1.58. The van der Waals surface area contributed by atoms with E-state index < -0.39 is 0 Å². The zero-order chi connectivity index (χ0) is 10.7. The second-order valence-electron chi connectivity index (χ2n) is 3.09. The van der Waals surface area contributed by atoms with Gasteiger partial charge in [-0.3, -0.25) is 0 Å². The van der Waals surface area contributed by atoms with Crippen molar-refractivity contribution in [2.24, 2.45) is 0 Å². The molecule has 1 aromatic heterocycles. The molecule has 1 saturated heterocycles. The van der Waals surface area contributed by atoms with Crippen LogP contribution in [0.25, 0.3) is 0 Å². The number of nitrogens with zero attached hydrogens (tertiary/aromatic N) is 2. The predicted octanol–water partition coefficient (Wildman–Crippen LogP) is 0.304. The highest BCUT2D eigenvalue weighted by atomic mass is 16.6. The van der Waals surface area contributed by atoms with Crippen molar-refractivity contribution in [3.05, 3.63) is 6.33 Å². The minimum Gasteiger partial charge on any atom is -0.489 e. The van der Waals surface area contributed by atoms with Crippen LogP contribution in [-0.4, -0.2) is 43.4 Å². The summed E-state index contributed by atoms with van der Waals surface area (Å²) in [7, 11) is 3.32. The molecule has 1 fully saturated rings. The third-order valence-electron chi connectivity index (χ3n) is 2.10. The van der Waals surface area contributed by atoms with E-state index in [9.17, 15) is 0 Å². The lowest BCUT2D eigenvalue weighted by atomic mass is 10.3. The molecule has 1 aliphatic rings. The van der Waals surface area contributed by atoms with Crippen LogP contribution in [0.4, 0.5) is 5.82 Å². The third-order valence-corrected chi connectivity index (χ3v) is 2.10. The van der Waals surface area contributed by atoms with Crippen molar-refractivity contribution in [3.63, 3.8) is 0 Å². The molecule has 15 heavy (non-hydrogen) atoms. The van der Waals surface area contributed by atoms with Crippen LogP contribution in [0, 0.1) is 0 Å². The van der Waals surface area contributed by atoms with E-state index in [1.54, 1.807) is 14.2 Å². The van der Waals surface area contributed by atoms with Gasteiger partial charge in [0.2, 0.25) is 5.75 Å². The first kappa shape index (κ1) is 9.97. The zero-order valence-electron chi connectivity index (χ0n) is 8.69. The highest BCUT2D eigenvalue weighted by Gasteiger charge is 2.23. The SMILES string of the molecule is CNc1ncnc(OC2COC2)c1OC. The minimum atomic E-state index is 0.0681. The standard InChI is InChI=1S/C9H13N3O3/c1-10-8-7(13-2)9(12-5-11-8)15-6-3-14-4-6/h5-6H,3-4H2,1-2H3,(H,10,11,12). The number of methoxy groups -OCH3 is 1. The number of rotatable bonds is 4. The van der Waals surface area contributed by atoms with Crippen LogP contribution < -0.4 is 14.8 Å². The molecule has 1 aromatic rings. The Morgan fingerprint density at radius 1 is 1.47 bits per heavy atom. The Bertz CT molecular complexity index is 341. The first-order valence-electron chi connectivity index (χ1n) is 4.66. The first-order chi connectivity index (χ1) is 7.35. The third kappa shape index (κ3) is 1.94. The monoisotopic (exact) mass is 211 g/mol. The quantitative estimate of drug-likeness (QED) is 0.773. The van der Waals surface area contributed by atoms with Gasteiger partial charge in [-0.1, -0.05) is 0 Å². The Morgan fingerprint density at radius 2 is 2.27 bits per heavy atom. The normalized spacial score (nSPS) is 15.6. The molecule has 1 aliphatic heterocycles. The lowest BCUT2D eigenvalue weighted by molar-refractivity contribution is -0.0820. The van der Waals surface area contributed by atoms with E-state index >= 15 is 0 Å². The fourth-order valence-electron chi connectivity index (χ4n) is 1.24. The molecule has 0 atom stereocenters. The summed E-state index contributed by atoms with van der Waals surface area (Å²) in [5.41, 5.74) is 0. The van der Waals surface area contributed by atoms with Gasteiger partial charge in [0, 0.05) is 7.05 Å². The van der Waals surface area contributed by atoms with Gasteiger partial charge in [-0.2, -0.15) is 4.98 Å². The number of aromatic nitrogens is 2. The molecule has 0 spiro atoms. The summed E-state index contributed by atoms with van der Waals surface area (Å²) in [5, 5.41) is 2.91. The topological polar surface area (TPSA) is 65.5 Å². The summed E-state index contributed by atoms with van der Waals surface area (Å²) < 4.78 is 15.8. The van der Waals surface area contributed by atoms with E-state index in [4.69, 9.17) is 14.2 Å². The number of hydrogen-bond acceptors (Lipinski definition) is 6. The maximum atomic E-state index is 5.57. The van der Waals surface area contributed by atoms with Gasteiger partial charge in [-0.25, -0.2) is 4.98 Å². The average molecular weight is 211 g/mol. The fourth-order valence-corrected chi connectivity index (χ4v) is 1.24. The molecule has 82 valence electrons. The van der Waals surface area contributed by atoms with Gasteiger partial charge >= 0.3 is 0 Å². The van der Waals surface area contributed by atoms with Crippen LogP contribution in [0.1, 0.15) is 0 Å². The summed E-state index contributed by atoms with van der Waals surface area (Å²) in [6.45, 7) is 1.20. The molecule has 6 heteroatoms. The Kier molecular flexibility index (Phi) is 2.86. The van der Waals surface area contributed by atoms with Gasteiger partial charge in [0.05, 0.1) is 20.3 Å². The number of nitrogens with one attached hydrogen (secondary N) is 1. The second-order valence-corrected chi connectivity index (χ2v) is 3.09. The second kappa shape index (κ2) is 4.31. The Morgan fingerprint density at radius 3 is 2.80 bits per heavy atom. The van der Waals surface area contributed by atoms with Gasteiger partial charge in [-0.05, 0) is 0 Å². The molecule has 1 N–H and O–H groups in total. The van der Waals surface area contributed by atoms with Crippen molar-refractivity contribution in [2.45, 2.75) is 6.10 Å². The zero-order valence-corrected chi connectivity index (χ0v) is 8.69. The molecule has 0 amide bonds. The highest BCUT2D eigenvalue weighted by molar-refractivity contribution is 5.54. The van der Waals surface area contributed by atoms with Gasteiger partial charge < -0.3 is 19.5 Å². The van der Waals surface area contributed by atoms with E-state index in [-0.39, 0.29) is 6.10 Å². The van der Waals surface area contributed by atoms with E-state index in [1.165, 1.54) is 6.33 Å². The molecule has 0 bridgehead atoms. The van der Waals surface area contributed by atoms with Crippen LogP contribution >= 0.6 is 0 Å². The van der Waals surface area contributed by atoms with E-state index in [1.807, 2.05) is 0 Å². The number of hydrogen-bond donors (Lipinski definition) is 1. The number of anilines is 1. The summed E-state index contributed by atoms with van der Waals surface area (Å²) in [4.78, 5) is 8.05. The Labute approximate surface area is 87.6 Å². The maximum Gasteiger partial charge on any atom is 0.262 e. The average Bonchev–Trinajstić information content (AvgIpc) is 2.22. The molecule has 2 heterocycles. The maximum absolute atomic E-state index is 5.57. The lowest BCUT2D eigenvalue weighted by Crippen LogP contribution is -2.38. The van der Waals surface area contributed by atoms with Crippen molar-refractivity contribution in [3.8, 4) is 11.6 Å². The van der Waals surface area contributed by atoms with Crippen LogP contribution in [0.3, 0.4) is 0 Å². The van der Waals surface area contributed by atoms with Crippen molar-refractivity contribution in [2.75, 3.05) is 32.7 Å². The summed E-state index contributed by atoms with van der Waals surface area (Å²) in [6, 6.07) is 0. The lowest BCUT2D eigenvalue weighted by Gasteiger charge is -2.26. The van der Waals surface area contributed by atoms with Crippen molar-refractivity contribution in [1.82, 2.24) is 9.97 Å². The number of ether oxygens (including phenoxy) is 3. The molecular weight excluding hydrogens is 198 g/mol. The van der Waals surface area contributed by atoms with Crippen LogP contribution in [0.5, 0.6) is 11.6 Å². The molecule has 0 saturated carbocycles. The molecule has 0 radical (unpaired) electrons. The van der Waals surface area contributed by atoms with E-state index in [2.05, 4.69) is 15.3 Å². The highest BCUT2D eigenvalue weighted by Crippen LogP contribution is 2.31. The molecule has 6 nitrogen and oxygen atoms in total. The van der Waals surface area contributed by atoms with Gasteiger partial charge in [-0.15, -0.1) is 0 Å². The smallest absolute Gasteiger partial charge is 0.262 e. The predicted molar refractivity (Wildman–Crippen MR) is 53.4 cm³/mol. The molecule has 0 aromatic carbocycles. The van der Waals surface area contributed by atoms with E-state index in [0.717, 1.165) is 0 Å². The summed E-state index contributed by atoms with van der Waals surface area (Å²) >= 11 is 0. The Balaban J connectivity index is 2.20. The minimum absolute atomic E-state index is 0.0681. The van der Waals surface area contributed by atoms with Crippen LogP contribution in [-0.2, 0) is 4.74 Å². The first-order valence-corrected chi connectivity index (χ1v) is 4.66. The van der Waals surface area contributed by atoms with Crippen LogP contribution in [0.2, 0.25) is 0 Å². The molecule has 2 rings (SSSR count). The largest absolute Gasteiger partial charge is 0.489 e. The van der Waals surface area contributed by atoms with Crippen molar-refractivity contribution in [1.29, 1.82) is 0 Å². The van der Waals surface area contributed by atoms with Crippen LogP contribution in [0.15, 0.2) is 6.33 Å². The molecular formula is C9H13N3O3.